The van der Waals surface area contributed by atoms with Gasteiger partial charge in [-0.2, -0.15) is 13.2 Å². The molecule has 0 aliphatic rings. The Morgan fingerprint density at radius 3 is 2.72 bits per heavy atom. The number of alkyl halides is 3. The smallest absolute Gasteiger partial charge is 0.433 e. The maximum Gasteiger partial charge on any atom is 0.433 e. The molecule has 3 N–H and O–H groups in total. The van der Waals surface area contributed by atoms with Crippen molar-refractivity contribution in [3.8, 4) is 5.88 Å². The molecule has 0 radical (unpaired) electrons. The highest BCUT2D eigenvalue weighted by molar-refractivity contribution is 6.06. The number of anilines is 1. The summed E-state index contributed by atoms with van der Waals surface area (Å²) in [5.41, 5.74) is 0.124. The highest BCUT2D eigenvalue weighted by Crippen LogP contribution is 2.30. The van der Waals surface area contributed by atoms with E-state index in [1.807, 2.05) is 0 Å². The summed E-state index contributed by atoms with van der Waals surface area (Å²) >= 11 is 0. The van der Waals surface area contributed by atoms with Gasteiger partial charge in [0.1, 0.15) is 5.69 Å². The average Bonchev–Trinajstić information content (AvgIpc) is 3.13. The molecule has 2 aromatic heterocycles. The molecule has 10 heteroatoms. The van der Waals surface area contributed by atoms with Gasteiger partial charge >= 0.3 is 11.9 Å². The molecule has 0 unspecified atom stereocenters. The van der Waals surface area contributed by atoms with Crippen molar-refractivity contribution in [1.29, 1.82) is 0 Å². The van der Waals surface area contributed by atoms with E-state index in [1.54, 1.807) is 18.2 Å². The highest BCUT2D eigenvalue weighted by Gasteiger charge is 2.33. The number of rotatable bonds is 9. The number of benzene rings is 1. The Hall–Kier alpha value is -3.56. The number of para-hydroxylation sites is 1. The van der Waals surface area contributed by atoms with Crippen molar-refractivity contribution < 1.29 is 22.7 Å². The molecule has 1 aromatic carbocycles. The standard InChI is InChI=1S/C22H23F3N4O3/c1-2-3-4-5-13-32-20-14(9-11-17(28-20)22(23,24)25)10-12-18(30)26-15-7-6-8-16-19(15)29-21(31)27-16/h6-12H,2-5,13H2,1H3,(H,26,30)(H2,27,29,31)/b12-10+. The Morgan fingerprint density at radius 2 is 1.97 bits per heavy atom. The lowest BCUT2D eigenvalue weighted by Gasteiger charge is -2.12. The number of aromatic nitrogens is 3. The number of unbranched alkanes of at least 4 members (excludes halogenated alkanes) is 3. The predicted octanol–water partition coefficient (Wildman–Crippen LogP) is 4.88. The zero-order valence-corrected chi connectivity index (χ0v) is 17.4. The number of carbonyl (C=O) groups is 1. The summed E-state index contributed by atoms with van der Waals surface area (Å²) in [5, 5.41) is 2.63. The van der Waals surface area contributed by atoms with Crippen molar-refractivity contribution in [1.82, 2.24) is 15.0 Å². The number of amides is 1. The molecule has 0 spiro atoms. The maximum absolute atomic E-state index is 13.0. The number of carbonyl (C=O) groups excluding carboxylic acids is 1. The van der Waals surface area contributed by atoms with Crippen molar-refractivity contribution in [2.45, 2.75) is 38.8 Å². The molecular weight excluding hydrogens is 425 g/mol. The summed E-state index contributed by atoms with van der Waals surface area (Å²) < 4.78 is 44.6. The van der Waals surface area contributed by atoms with Crippen molar-refractivity contribution in [2.75, 3.05) is 11.9 Å². The van der Waals surface area contributed by atoms with E-state index in [9.17, 15) is 22.8 Å². The topological polar surface area (TPSA) is 99.9 Å². The number of halogens is 3. The molecule has 3 aromatic rings. The van der Waals surface area contributed by atoms with Crippen molar-refractivity contribution in [3.63, 3.8) is 0 Å². The summed E-state index contributed by atoms with van der Waals surface area (Å²) in [5.74, 6) is -0.717. The van der Waals surface area contributed by atoms with Gasteiger partial charge in [-0.3, -0.25) is 4.79 Å². The van der Waals surface area contributed by atoms with Crippen LogP contribution in [0.3, 0.4) is 0 Å². The van der Waals surface area contributed by atoms with Gasteiger partial charge in [0.15, 0.2) is 0 Å². The molecule has 0 aliphatic heterocycles. The molecule has 3 rings (SSSR count). The van der Waals surface area contributed by atoms with Crippen LogP contribution in [0.15, 0.2) is 41.2 Å². The fourth-order valence-electron chi connectivity index (χ4n) is 3.05. The number of hydrogen-bond acceptors (Lipinski definition) is 4. The van der Waals surface area contributed by atoms with Crippen LogP contribution < -0.4 is 15.7 Å². The van der Waals surface area contributed by atoms with Gasteiger partial charge in [-0.25, -0.2) is 9.78 Å². The van der Waals surface area contributed by atoms with Crippen LogP contribution in [0.1, 0.15) is 43.9 Å². The van der Waals surface area contributed by atoms with E-state index in [-0.39, 0.29) is 18.1 Å². The molecule has 1 amide bonds. The molecule has 0 bridgehead atoms. The lowest BCUT2D eigenvalue weighted by molar-refractivity contribution is -0.141. The van der Waals surface area contributed by atoms with Gasteiger partial charge in [-0.1, -0.05) is 32.3 Å². The van der Waals surface area contributed by atoms with E-state index in [4.69, 9.17) is 4.74 Å². The summed E-state index contributed by atoms with van der Waals surface area (Å²) in [7, 11) is 0. The molecule has 0 saturated heterocycles. The summed E-state index contributed by atoms with van der Waals surface area (Å²) in [6, 6.07) is 7.01. The average molecular weight is 448 g/mol. The molecule has 2 heterocycles. The predicted molar refractivity (Wildman–Crippen MR) is 115 cm³/mol. The number of imidazole rings is 1. The second kappa shape index (κ2) is 10.2. The second-order valence-electron chi connectivity index (χ2n) is 7.13. The number of H-pyrrole nitrogens is 2. The van der Waals surface area contributed by atoms with E-state index >= 15 is 0 Å². The third-order valence-electron chi connectivity index (χ3n) is 4.64. The summed E-state index contributed by atoms with van der Waals surface area (Å²) in [4.78, 5) is 32.6. The van der Waals surface area contributed by atoms with Gasteiger partial charge in [0.2, 0.25) is 11.8 Å². The fraction of sp³-hybridized carbons (Fsp3) is 0.318. The Morgan fingerprint density at radius 1 is 1.16 bits per heavy atom. The fourth-order valence-corrected chi connectivity index (χ4v) is 3.05. The van der Waals surface area contributed by atoms with Crippen LogP contribution in [-0.2, 0) is 11.0 Å². The van der Waals surface area contributed by atoms with Crippen LogP contribution in [-0.4, -0.2) is 27.5 Å². The van der Waals surface area contributed by atoms with E-state index in [0.29, 0.717) is 23.1 Å². The highest BCUT2D eigenvalue weighted by atomic mass is 19.4. The Labute approximate surface area is 181 Å². The minimum absolute atomic E-state index is 0.183. The number of nitrogens with one attached hydrogen (secondary N) is 3. The number of hydrogen-bond donors (Lipinski definition) is 3. The lowest BCUT2D eigenvalue weighted by atomic mass is 10.2. The summed E-state index contributed by atoms with van der Waals surface area (Å²) in [6.07, 6.45) is 1.51. The van der Waals surface area contributed by atoms with E-state index in [0.717, 1.165) is 31.4 Å². The van der Waals surface area contributed by atoms with E-state index in [2.05, 4.69) is 27.2 Å². The third kappa shape index (κ3) is 5.99. The molecule has 170 valence electrons. The van der Waals surface area contributed by atoms with E-state index < -0.39 is 23.5 Å². The van der Waals surface area contributed by atoms with Gasteiger partial charge in [-0.15, -0.1) is 0 Å². The normalized spacial score (nSPS) is 11.9. The van der Waals surface area contributed by atoms with Gasteiger partial charge in [0.25, 0.3) is 0 Å². The monoisotopic (exact) mass is 448 g/mol. The van der Waals surface area contributed by atoms with Crippen LogP contribution >= 0.6 is 0 Å². The minimum Gasteiger partial charge on any atom is -0.477 e. The van der Waals surface area contributed by atoms with Crippen LogP contribution in [0.2, 0.25) is 0 Å². The molecule has 7 nitrogen and oxygen atoms in total. The zero-order chi connectivity index (χ0) is 23.1. The van der Waals surface area contributed by atoms with Crippen molar-refractivity contribution >= 4 is 28.7 Å². The van der Waals surface area contributed by atoms with Crippen LogP contribution in [0.4, 0.5) is 18.9 Å². The largest absolute Gasteiger partial charge is 0.477 e. The maximum atomic E-state index is 13.0. The number of pyridine rings is 1. The molecular formula is C22H23F3N4O3. The second-order valence-corrected chi connectivity index (χ2v) is 7.13. The first-order chi connectivity index (χ1) is 15.3. The van der Waals surface area contributed by atoms with Gasteiger partial charge in [0, 0.05) is 11.6 Å². The summed E-state index contributed by atoms with van der Waals surface area (Å²) in [6.45, 7) is 2.28. The molecule has 0 atom stereocenters. The molecule has 0 saturated carbocycles. The first kappa shape index (κ1) is 23.1. The molecule has 0 fully saturated rings. The van der Waals surface area contributed by atoms with Gasteiger partial charge in [-0.05, 0) is 36.8 Å². The van der Waals surface area contributed by atoms with Crippen molar-refractivity contribution in [3.05, 3.63) is 58.1 Å². The Bertz CT molecular complexity index is 1170. The minimum atomic E-state index is -4.61. The molecule has 0 aliphatic carbocycles. The van der Waals surface area contributed by atoms with Crippen LogP contribution in [0.5, 0.6) is 5.88 Å². The van der Waals surface area contributed by atoms with Crippen LogP contribution in [0, 0.1) is 0 Å². The lowest BCUT2D eigenvalue weighted by Crippen LogP contribution is -2.11. The number of aromatic amines is 2. The Kier molecular flexibility index (Phi) is 7.34. The van der Waals surface area contributed by atoms with Gasteiger partial charge in [0.05, 0.1) is 23.3 Å². The molecule has 32 heavy (non-hydrogen) atoms. The van der Waals surface area contributed by atoms with Crippen LogP contribution in [0.25, 0.3) is 17.1 Å². The SMILES string of the molecule is CCCCCCOc1nc(C(F)(F)F)ccc1/C=C/C(=O)Nc1cccc2[nH]c(=O)[nH]c12. The first-order valence-electron chi connectivity index (χ1n) is 10.2. The number of ether oxygens (including phenoxy) is 1. The van der Waals surface area contributed by atoms with E-state index in [1.165, 1.54) is 12.1 Å². The van der Waals surface area contributed by atoms with Crippen molar-refractivity contribution in [2.24, 2.45) is 0 Å². The zero-order valence-electron chi connectivity index (χ0n) is 17.4. The third-order valence-corrected chi connectivity index (χ3v) is 4.64. The number of fused-ring (bicyclic) bond motifs is 1. The Balaban J connectivity index is 1.76. The number of nitrogens with zero attached hydrogens (tertiary/aromatic N) is 1. The van der Waals surface area contributed by atoms with Gasteiger partial charge < -0.3 is 20.0 Å². The first-order valence-corrected chi connectivity index (χ1v) is 10.2. The quantitative estimate of drug-likeness (QED) is 0.321.